The van der Waals surface area contributed by atoms with Crippen LogP contribution in [-0.2, 0) is 0 Å². The molecular formula is C19H39N. The Kier molecular flexibility index (Phi) is 18.1. The van der Waals surface area contributed by atoms with E-state index in [4.69, 9.17) is 0 Å². The van der Waals surface area contributed by atoms with Gasteiger partial charge in [-0.15, -0.1) is 0 Å². The number of unbranched alkanes of at least 4 members (excludes halogenated alkanes) is 14. The Hall–Kier alpha value is -0.460. The molecule has 120 valence electrons. The second-order valence-corrected chi connectivity index (χ2v) is 6.08. The zero-order valence-electron chi connectivity index (χ0n) is 14.3. The van der Waals surface area contributed by atoms with E-state index in [0.29, 0.717) is 0 Å². The molecular weight excluding hydrogens is 242 g/mol. The summed E-state index contributed by atoms with van der Waals surface area (Å²) in [5.74, 6) is 0. The van der Waals surface area contributed by atoms with Gasteiger partial charge < -0.3 is 5.32 Å². The highest BCUT2D eigenvalue weighted by molar-refractivity contribution is 4.77. The average molecular weight is 282 g/mol. The van der Waals surface area contributed by atoms with Crippen molar-refractivity contribution in [2.75, 3.05) is 7.05 Å². The minimum absolute atomic E-state index is 1.23. The Bertz CT molecular complexity index is 186. The van der Waals surface area contributed by atoms with Gasteiger partial charge in [0.25, 0.3) is 0 Å². The molecule has 0 aromatic heterocycles. The minimum Gasteiger partial charge on any atom is -0.394 e. The van der Waals surface area contributed by atoms with Crippen LogP contribution in [0.15, 0.2) is 12.3 Å². The summed E-state index contributed by atoms with van der Waals surface area (Å²) in [4.78, 5) is 0. The summed E-state index contributed by atoms with van der Waals surface area (Å²) in [5, 5.41) is 3.04. The number of allylic oxidation sites excluding steroid dienone is 1. The van der Waals surface area contributed by atoms with Crippen LogP contribution in [0, 0.1) is 0 Å². The van der Waals surface area contributed by atoms with Crippen LogP contribution in [0.25, 0.3) is 0 Å². The fourth-order valence-electron chi connectivity index (χ4n) is 2.66. The predicted molar refractivity (Wildman–Crippen MR) is 93.1 cm³/mol. The molecule has 1 heteroatoms. The Labute approximate surface area is 128 Å². The van der Waals surface area contributed by atoms with Gasteiger partial charge in [0.05, 0.1) is 0 Å². The van der Waals surface area contributed by atoms with Crippen molar-refractivity contribution in [1.29, 1.82) is 0 Å². The van der Waals surface area contributed by atoms with Crippen LogP contribution < -0.4 is 5.32 Å². The maximum absolute atomic E-state index is 3.04. The molecule has 0 atom stereocenters. The summed E-state index contributed by atoms with van der Waals surface area (Å²) in [6.07, 6.45) is 25.7. The first-order valence-corrected chi connectivity index (χ1v) is 9.24. The molecule has 0 bridgehead atoms. The summed E-state index contributed by atoms with van der Waals surface area (Å²) in [6, 6.07) is 0. The molecule has 0 spiro atoms. The number of hydrogen-bond acceptors (Lipinski definition) is 1. The SMILES string of the molecule is CCCCCCCCCCCCCCCCC=CNC. The van der Waals surface area contributed by atoms with Gasteiger partial charge in [0, 0.05) is 7.05 Å². The molecule has 0 aliphatic heterocycles. The van der Waals surface area contributed by atoms with Crippen molar-refractivity contribution >= 4 is 0 Å². The maximum atomic E-state index is 3.04. The van der Waals surface area contributed by atoms with Gasteiger partial charge in [0.2, 0.25) is 0 Å². The lowest BCUT2D eigenvalue weighted by Crippen LogP contribution is -1.90. The van der Waals surface area contributed by atoms with E-state index in [1.165, 1.54) is 96.3 Å². The smallest absolute Gasteiger partial charge is 0.00276 e. The van der Waals surface area contributed by atoms with Crippen molar-refractivity contribution < 1.29 is 0 Å². The lowest BCUT2D eigenvalue weighted by atomic mass is 10.0. The van der Waals surface area contributed by atoms with E-state index in [1.807, 2.05) is 13.2 Å². The summed E-state index contributed by atoms with van der Waals surface area (Å²) >= 11 is 0. The zero-order chi connectivity index (χ0) is 14.7. The number of rotatable bonds is 16. The maximum Gasteiger partial charge on any atom is 0.00276 e. The molecule has 1 nitrogen and oxygen atoms in total. The monoisotopic (exact) mass is 281 g/mol. The van der Waals surface area contributed by atoms with E-state index in [1.54, 1.807) is 0 Å². The van der Waals surface area contributed by atoms with Gasteiger partial charge in [-0.05, 0) is 19.0 Å². The first-order valence-electron chi connectivity index (χ1n) is 9.24. The van der Waals surface area contributed by atoms with Crippen LogP contribution in [0.4, 0.5) is 0 Å². The first-order chi connectivity index (χ1) is 9.91. The van der Waals surface area contributed by atoms with Gasteiger partial charge in [-0.3, -0.25) is 0 Å². The summed E-state index contributed by atoms with van der Waals surface area (Å²) in [6.45, 7) is 2.29. The zero-order valence-corrected chi connectivity index (χ0v) is 14.3. The summed E-state index contributed by atoms with van der Waals surface area (Å²) < 4.78 is 0. The fraction of sp³-hybridized carbons (Fsp3) is 0.895. The Morgan fingerprint density at radius 3 is 1.40 bits per heavy atom. The van der Waals surface area contributed by atoms with Gasteiger partial charge in [-0.1, -0.05) is 96.5 Å². The van der Waals surface area contributed by atoms with Gasteiger partial charge in [-0.25, -0.2) is 0 Å². The van der Waals surface area contributed by atoms with Gasteiger partial charge in [0.1, 0.15) is 0 Å². The van der Waals surface area contributed by atoms with Crippen LogP contribution in [-0.4, -0.2) is 7.05 Å². The van der Waals surface area contributed by atoms with E-state index in [0.717, 1.165) is 0 Å². The lowest BCUT2D eigenvalue weighted by molar-refractivity contribution is 0.536. The van der Waals surface area contributed by atoms with Gasteiger partial charge in [-0.2, -0.15) is 0 Å². The molecule has 0 saturated carbocycles. The molecule has 0 aliphatic carbocycles. The van der Waals surface area contributed by atoms with Gasteiger partial charge in [0.15, 0.2) is 0 Å². The molecule has 0 aromatic carbocycles. The third-order valence-electron chi connectivity index (χ3n) is 4.01. The van der Waals surface area contributed by atoms with Crippen molar-refractivity contribution in [3.8, 4) is 0 Å². The molecule has 1 N–H and O–H groups in total. The summed E-state index contributed by atoms with van der Waals surface area (Å²) in [5.41, 5.74) is 0. The minimum atomic E-state index is 1.23. The largest absolute Gasteiger partial charge is 0.394 e. The molecule has 0 heterocycles. The highest BCUT2D eigenvalue weighted by atomic mass is 14.8. The molecule has 0 radical (unpaired) electrons. The predicted octanol–water partition coefficient (Wildman–Crippen LogP) is 6.59. The van der Waals surface area contributed by atoms with Crippen molar-refractivity contribution in [1.82, 2.24) is 5.32 Å². The Balaban J connectivity index is 2.94. The van der Waals surface area contributed by atoms with E-state index in [9.17, 15) is 0 Å². The van der Waals surface area contributed by atoms with Crippen LogP contribution in [0.2, 0.25) is 0 Å². The van der Waals surface area contributed by atoms with E-state index in [2.05, 4.69) is 18.3 Å². The number of nitrogens with one attached hydrogen (secondary N) is 1. The van der Waals surface area contributed by atoms with Gasteiger partial charge >= 0.3 is 0 Å². The normalized spacial score (nSPS) is 11.3. The fourth-order valence-corrected chi connectivity index (χ4v) is 2.66. The van der Waals surface area contributed by atoms with Crippen LogP contribution in [0.3, 0.4) is 0 Å². The molecule has 0 aromatic rings. The third kappa shape index (κ3) is 17.5. The lowest BCUT2D eigenvalue weighted by Gasteiger charge is -2.02. The van der Waals surface area contributed by atoms with Crippen LogP contribution >= 0.6 is 0 Å². The van der Waals surface area contributed by atoms with Crippen molar-refractivity contribution in [2.24, 2.45) is 0 Å². The Morgan fingerprint density at radius 2 is 1.00 bits per heavy atom. The molecule has 0 amide bonds. The quantitative estimate of drug-likeness (QED) is 0.315. The second-order valence-electron chi connectivity index (χ2n) is 6.08. The molecule has 0 saturated heterocycles. The van der Waals surface area contributed by atoms with Crippen molar-refractivity contribution in [3.05, 3.63) is 12.3 Å². The molecule has 0 aliphatic rings. The standard InChI is InChI=1S/C19H39N/c1-3-4-5-6-7-8-9-10-11-12-13-14-15-16-17-18-19-20-2/h18-20H,3-17H2,1-2H3. The molecule has 20 heavy (non-hydrogen) atoms. The average Bonchev–Trinajstić information content (AvgIpc) is 2.47. The molecule has 0 unspecified atom stereocenters. The third-order valence-corrected chi connectivity index (χ3v) is 4.01. The van der Waals surface area contributed by atoms with E-state index >= 15 is 0 Å². The first kappa shape index (κ1) is 19.5. The summed E-state index contributed by atoms with van der Waals surface area (Å²) in [7, 11) is 1.96. The highest BCUT2D eigenvalue weighted by Crippen LogP contribution is 2.13. The topological polar surface area (TPSA) is 12.0 Å². The number of hydrogen-bond donors (Lipinski definition) is 1. The van der Waals surface area contributed by atoms with Crippen molar-refractivity contribution in [2.45, 2.75) is 103 Å². The highest BCUT2D eigenvalue weighted by Gasteiger charge is 1.93. The van der Waals surface area contributed by atoms with Crippen LogP contribution in [0.5, 0.6) is 0 Å². The van der Waals surface area contributed by atoms with Crippen LogP contribution in [0.1, 0.15) is 103 Å². The van der Waals surface area contributed by atoms with Crippen molar-refractivity contribution in [3.63, 3.8) is 0 Å². The molecule has 0 rings (SSSR count). The van der Waals surface area contributed by atoms with E-state index < -0.39 is 0 Å². The molecule has 0 fully saturated rings. The Morgan fingerprint density at radius 1 is 0.600 bits per heavy atom. The van der Waals surface area contributed by atoms with E-state index in [-0.39, 0.29) is 0 Å². The second kappa shape index (κ2) is 18.5.